The molecule has 0 amide bonds. The number of aliphatic carboxylic acids is 1. The van der Waals surface area contributed by atoms with E-state index in [1.54, 1.807) is 0 Å². The fourth-order valence-electron chi connectivity index (χ4n) is 0.851. The summed E-state index contributed by atoms with van der Waals surface area (Å²) in [5.41, 5.74) is 5.26. The Bertz CT molecular complexity index is 352. The zero-order valence-corrected chi connectivity index (χ0v) is 9.02. The number of rotatable bonds is 5. The van der Waals surface area contributed by atoms with Crippen LogP contribution in [0.5, 0.6) is 0 Å². The molecule has 6 nitrogen and oxygen atoms in total. The van der Waals surface area contributed by atoms with Crippen LogP contribution in [0, 0.1) is 11.8 Å². The van der Waals surface area contributed by atoms with E-state index in [1.807, 2.05) is 0 Å². The first-order valence-electron chi connectivity index (χ1n) is 4.48. The number of carboxylic acids is 1. The smallest absolute Gasteiger partial charge is 0.325 e. The van der Waals surface area contributed by atoms with Crippen molar-refractivity contribution in [3.05, 3.63) is 0 Å². The van der Waals surface area contributed by atoms with Gasteiger partial charge in [-0.15, -0.1) is 5.92 Å². The topological polar surface area (TPSA) is 107 Å². The molecule has 0 heterocycles. The highest BCUT2D eigenvalue weighted by atomic mass is 16.5. The molecule has 0 saturated heterocycles. The second-order valence-electron chi connectivity index (χ2n) is 3.05. The number of carbonyl (C=O) groups excluding carboxylic acids is 2. The fourth-order valence-corrected chi connectivity index (χ4v) is 0.851. The average Bonchev–Trinajstić information content (AvgIpc) is 2.14. The molecule has 0 aliphatic rings. The van der Waals surface area contributed by atoms with Gasteiger partial charge >= 0.3 is 11.9 Å². The number of carboxylic acid groups (broad SMARTS) is 1. The largest absolute Gasteiger partial charge is 0.480 e. The summed E-state index contributed by atoms with van der Waals surface area (Å²) in [4.78, 5) is 32.3. The van der Waals surface area contributed by atoms with Gasteiger partial charge in [0.05, 0.1) is 0 Å². The maximum atomic E-state index is 11.1. The summed E-state index contributed by atoms with van der Waals surface area (Å²) in [6.45, 7) is 2.68. The van der Waals surface area contributed by atoms with E-state index in [-0.39, 0.29) is 5.78 Å². The maximum Gasteiger partial charge on any atom is 0.325 e. The van der Waals surface area contributed by atoms with E-state index in [0.29, 0.717) is 0 Å². The van der Waals surface area contributed by atoms with E-state index >= 15 is 0 Å². The molecule has 0 saturated carbocycles. The van der Waals surface area contributed by atoms with Gasteiger partial charge in [-0.1, -0.05) is 5.92 Å². The third kappa shape index (κ3) is 5.12. The van der Waals surface area contributed by atoms with E-state index < -0.39 is 30.5 Å². The van der Waals surface area contributed by atoms with Crippen LogP contribution >= 0.6 is 0 Å². The molecule has 3 N–H and O–H groups in total. The van der Waals surface area contributed by atoms with Crippen LogP contribution in [0.1, 0.15) is 20.3 Å². The molecule has 0 aromatic heterocycles. The Morgan fingerprint density at radius 1 is 1.44 bits per heavy atom. The molecule has 6 heteroatoms. The second-order valence-corrected chi connectivity index (χ2v) is 3.05. The summed E-state index contributed by atoms with van der Waals surface area (Å²) < 4.78 is 4.69. The van der Waals surface area contributed by atoms with Crippen LogP contribution in [-0.4, -0.2) is 35.0 Å². The number of ketones is 1. The van der Waals surface area contributed by atoms with Crippen LogP contribution in [0.3, 0.4) is 0 Å². The number of esters is 1. The van der Waals surface area contributed by atoms with E-state index in [2.05, 4.69) is 16.6 Å². The zero-order chi connectivity index (χ0) is 12.7. The van der Waals surface area contributed by atoms with Crippen LogP contribution in [0.4, 0.5) is 0 Å². The standard InChI is InChI=1S/C10H13NO5/c1-3-4-7(9(11)10(14)15)16-8(13)5-6(2)12/h7,9H,5,11H2,1-2H3,(H,14,15). The predicted molar refractivity (Wildman–Crippen MR) is 54.2 cm³/mol. The van der Waals surface area contributed by atoms with Crippen molar-refractivity contribution in [2.45, 2.75) is 32.4 Å². The summed E-state index contributed by atoms with van der Waals surface area (Å²) in [5.74, 6) is 2.22. The van der Waals surface area contributed by atoms with Gasteiger partial charge in [-0.25, -0.2) is 0 Å². The SMILES string of the molecule is CC#CC(OC(=O)CC(C)=O)C(N)C(=O)O. The minimum atomic E-state index is -1.43. The summed E-state index contributed by atoms with van der Waals surface area (Å²) in [5, 5.41) is 8.62. The Kier molecular flexibility index (Phi) is 5.81. The third-order valence-corrected chi connectivity index (χ3v) is 1.55. The molecule has 0 spiro atoms. The molecule has 2 unspecified atom stereocenters. The molecule has 0 fully saturated rings. The Labute approximate surface area is 92.8 Å². The Hall–Kier alpha value is -1.87. The van der Waals surface area contributed by atoms with Gasteiger partial charge in [0, 0.05) is 0 Å². The average molecular weight is 227 g/mol. The predicted octanol–water partition coefficient (Wildman–Crippen LogP) is -0.687. The van der Waals surface area contributed by atoms with Crippen LogP contribution in [0.15, 0.2) is 0 Å². The van der Waals surface area contributed by atoms with E-state index in [1.165, 1.54) is 13.8 Å². The first-order chi connectivity index (χ1) is 7.38. The number of carbonyl (C=O) groups is 3. The molecule has 16 heavy (non-hydrogen) atoms. The molecule has 0 aromatic carbocycles. The highest BCUT2D eigenvalue weighted by molar-refractivity contribution is 5.94. The van der Waals surface area contributed by atoms with Gasteiger partial charge in [0.1, 0.15) is 12.2 Å². The van der Waals surface area contributed by atoms with Crippen molar-refractivity contribution >= 4 is 17.7 Å². The minimum Gasteiger partial charge on any atom is -0.480 e. The summed E-state index contributed by atoms with van der Waals surface area (Å²) >= 11 is 0. The van der Waals surface area contributed by atoms with Crippen LogP contribution < -0.4 is 5.73 Å². The van der Waals surface area contributed by atoms with E-state index in [9.17, 15) is 14.4 Å². The Balaban J connectivity index is 4.55. The molecule has 0 bridgehead atoms. The number of Topliss-reactive ketones (excluding diaryl/α,β-unsaturated/α-hetero) is 1. The molecule has 0 radical (unpaired) electrons. The van der Waals surface area contributed by atoms with Gasteiger partial charge in [0.15, 0.2) is 12.1 Å². The highest BCUT2D eigenvalue weighted by Crippen LogP contribution is 2.00. The van der Waals surface area contributed by atoms with Gasteiger partial charge in [-0.05, 0) is 13.8 Å². The zero-order valence-electron chi connectivity index (χ0n) is 9.02. The highest BCUT2D eigenvalue weighted by Gasteiger charge is 2.26. The van der Waals surface area contributed by atoms with Crippen molar-refractivity contribution in [3.8, 4) is 11.8 Å². The summed E-state index contributed by atoms with van der Waals surface area (Å²) in [6.07, 6.45) is -1.66. The lowest BCUT2D eigenvalue weighted by Crippen LogP contribution is -2.43. The first-order valence-corrected chi connectivity index (χ1v) is 4.48. The monoisotopic (exact) mass is 227 g/mol. The lowest BCUT2D eigenvalue weighted by molar-refractivity contribution is -0.152. The van der Waals surface area contributed by atoms with Crippen molar-refractivity contribution in [2.75, 3.05) is 0 Å². The second kappa shape index (κ2) is 6.58. The first kappa shape index (κ1) is 14.1. The molecular weight excluding hydrogens is 214 g/mol. The van der Waals surface area contributed by atoms with Gasteiger partial charge in [0.2, 0.25) is 0 Å². The lowest BCUT2D eigenvalue weighted by atomic mass is 10.2. The summed E-state index contributed by atoms with van der Waals surface area (Å²) in [7, 11) is 0. The Morgan fingerprint density at radius 3 is 2.38 bits per heavy atom. The fraction of sp³-hybridized carbons (Fsp3) is 0.500. The van der Waals surface area contributed by atoms with Gasteiger partial charge in [-0.3, -0.25) is 14.4 Å². The van der Waals surface area contributed by atoms with Crippen molar-refractivity contribution in [1.29, 1.82) is 0 Å². The number of hydrogen-bond acceptors (Lipinski definition) is 5. The van der Waals surface area contributed by atoms with Gasteiger partial charge in [0.25, 0.3) is 0 Å². The van der Waals surface area contributed by atoms with Gasteiger partial charge in [-0.2, -0.15) is 0 Å². The lowest BCUT2D eigenvalue weighted by Gasteiger charge is -2.15. The van der Waals surface area contributed by atoms with Crippen molar-refractivity contribution < 1.29 is 24.2 Å². The molecular formula is C10H13NO5. The molecule has 0 aliphatic carbocycles. The van der Waals surface area contributed by atoms with Crippen molar-refractivity contribution in [3.63, 3.8) is 0 Å². The number of hydrogen-bond donors (Lipinski definition) is 2. The van der Waals surface area contributed by atoms with E-state index in [0.717, 1.165) is 0 Å². The van der Waals surface area contributed by atoms with Crippen LogP contribution in [0.25, 0.3) is 0 Å². The summed E-state index contributed by atoms with van der Waals surface area (Å²) in [6, 6.07) is -1.43. The van der Waals surface area contributed by atoms with Crippen molar-refractivity contribution in [2.24, 2.45) is 5.73 Å². The van der Waals surface area contributed by atoms with Crippen molar-refractivity contribution in [1.82, 2.24) is 0 Å². The Morgan fingerprint density at radius 2 is 2.00 bits per heavy atom. The van der Waals surface area contributed by atoms with E-state index in [4.69, 9.17) is 10.8 Å². The van der Waals surface area contributed by atoms with Crippen LogP contribution in [-0.2, 0) is 19.1 Å². The number of ether oxygens (including phenoxy) is 1. The molecule has 2 atom stereocenters. The molecule has 0 aliphatic heterocycles. The number of nitrogens with two attached hydrogens (primary N) is 1. The third-order valence-electron chi connectivity index (χ3n) is 1.55. The quantitative estimate of drug-likeness (QED) is 0.366. The van der Waals surface area contributed by atoms with Crippen LogP contribution in [0.2, 0.25) is 0 Å². The molecule has 0 rings (SSSR count). The molecule has 88 valence electrons. The van der Waals surface area contributed by atoms with Gasteiger partial charge < -0.3 is 15.6 Å². The molecule has 0 aromatic rings. The normalized spacial score (nSPS) is 12.9. The maximum absolute atomic E-state index is 11.1. The minimum absolute atomic E-state index is 0.378.